The van der Waals surface area contributed by atoms with Gasteiger partial charge in [0.25, 0.3) is 0 Å². The number of fused-ring (bicyclic) bond motifs is 6. The van der Waals surface area contributed by atoms with Crippen LogP contribution < -0.4 is 0 Å². The Kier molecular flexibility index (Phi) is 9.56. The Hall–Kier alpha value is -0.0869. The quantitative estimate of drug-likeness (QED) is 0.0849. The summed E-state index contributed by atoms with van der Waals surface area (Å²) in [4.78, 5) is 0. The fourth-order valence-corrected chi connectivity index (χ4v) is 6.10. The summed E-state index contributed by atoms with van der Waals surface area (Å²) in [6, 6.07) is 28.9. The molecule has 2 atom stereocenters. The predicted octanol–water partition coefficient (Wildman–Crippen LogP) is 8.25. The van der Waals surface area contributed by atoms with Crippen molar-refractivity contribution in [2.24, 2.45) is 0 Å². The van der Waals surface area contributed by atoms with E-state index in [1.54, 1.807) is 5.57 Å². The second-order valence-corrected chi connectivity index (χ2v) is 13.2. The van der Waals surface area contributed by atoms with Crippen LogP contribution in [-0.4, -0.2) is 9.91 Å². The molecule has 1 aliphatic heterocycles. The van der Waals surface area contributed by atoms with E-state index < -0.39 is 20.8 Å². The summed E-state index contributed by atoms with van der Waals surface area (Å²) >= 11 is 4.89. The Bertz CT molecular complexity index is 1110. The van der Waals surface area contributed by atoms with E-state index in [0.29, 0.717) is 10.1 Å². The van der Waals surface area contributed by atoms with Crippen LogP contribution in [0.15, 0.2) is 78.4 Å². The van der Waals surface area contributed by atoms with Gasteiger partial charge in [0.05, 0.1) is 4.16 Å². The van der Waals surface area contributed by atoms with Crippen molar-refractivity contribution in [3.63, 3.8) is 0 Å². The molecule has 1 saturated heterocycles. The van der Waals surface area contributed by atoms with Gasteiger partial charge in [-0.25, -0.2) is 0 Å². The van der Waals surface area contributed by atoms with Gasteiger partial charge in [-0.1, -0.05) is 52.3 Å². The molecule has 4 aromatic carbocycles. The van der Waals surface area contributed by atoms with Gasteiger partial charge in [0.1, 0.15) is 0 Å². The van der Waals surface area contributed by atoms with Crippen molar-refractivity contribution < 1.29 is 20.8 Å². The maximum Gasteiger partial charge on any atom is -0.0771 e. The Morgan fingerprint density at radius 2 is 1.57 bits per heavy atom. The van der Waals surface area contributed by atoms with E-state index >= 15 is 0 Å². The molecule has 1 fully saturated rings. The minimum absolute atomic E-state index is 0. The Labute approximate surface area is 216 Å². The van der Waals surface area contributed by atoms with Crippen molar-refractivity contribution in [1.82, 2.24) is 0 Å². The Balaban J connectivity index is 0.000000147. The number of alkyl halides is 1. The maximum absolute atomic E-state index is 4.93. The Morgan fingerprint density at radius 3 is 2.20 bits per heavy atom. The summed E-state index contributed by atoms with van der Waals surface area (Å²) in [6.07, 6.45) is 2.30. The van der Waals surface area contributed by atoms with Gasteiger partial charge < -0.3 is 13.5 Å². The van der Waals surface area contributed by atoms with E-state index in [1.165, 1.54) is 38.4 Å². The van der Waals surface area contributed by atoms with Gasteiger partial charge in [0, 0.05) is 5.75 Å². The largest absolute Gasteiger partial charge is 0.813 e. The second-order valence-electron chi connectivity index (χ2n) is 6.79. The van der Waals surface area contributed by atoms with Crippen LogP contribution in [0.25, 0.3) is 27.6 Å². The topological polar surface area (TPSA) is 0 Å². The fraction of sp³-hybridized carbons (Fsp3) is 0.125. The number of rotatable bonds is 0. The van der Waals surface area contributed by atoms with Crippen LogP contribution in [0.3, 0.4) is 0 Å². The van der Waals surface area contributed by atoms with Gasteiger partial charge in [-0.3, -0.25) is 0 Å². The monoisotopic (exact) mass is 609 g/mol. The van der Waals surface area contributed by atoms with Crippen LogP contribution in [0.2, 0.25) is 0 Å². The summed E-state index contributed by atoms with van der Waals surface area (Å²) in [5, 5.41) is 5.39. The maximum atomic E-state index is 4.93. The predicted molar refractivity (Wildman–Crippen MR) is 139 cm³/mol. The summed E-state index contributed by atoms with van der Waals surface area (Å²) in [7, 11) is 9.87. The van der Waals surface area contributed by atoms with Gasteiger partial charge in [0.15, 0.2) is 0 Å². The molecule has 0 nitrogen and oxygen atoms in total. The summed E-state index contributed by atoms with van der Waals surface area (Å²) in [6.45, 7) is 0. The number of benzene rings is 3. The third-order valence-corrected chi connectivity index (χ3v) is 7.59. The average molecular weight is 613 g/mol. The van der Waals surface area contributed by atoms with Crippen LogP contribution >= 0.6 is 44.7 Å². The normalized spacial score (nSPS) is 18.2. The van der Waals surface area contributed by atoms with Crippen molar-refractivity contribution in [1.29, 1.82) is 0 Å². The number of hydrogen-bond donors (Lipinski definition) is 0. The van der Waals surface area contributed by atoms with Gasteiger partial charge in [0.2, 0.25) is 0 Å². The first-order valence-corrected chi connectivity index (χ1v) is 17.5. The van der Waals surface area contributed by atoms with E-state index in [9.17, 15) is 0 Å². The third-order valence-electron chi connectivity index (χ3n) is 5.18. The molecule has 2 unspecified atom stereocenters. The molecule has 0 radical (unpaired) electrons. The van der Waals surface area contributed by atoms with Crippen molar-refractivity contribution in [2.45, 2.75) is 10.1 Å². The van der Waals surface area contributed by atoms with Crippen molar-refractivity contribution in [3.8, 4) is 0 Å². The minimum Gasteiger partial charge on any atom is -0.813 e. The van der Waals surface area contributed by atoms with E-state index in [4.69, 9.17) is 17.0 Å². The first kappa shape index (κ1) is 24.6. The third kappa shape index (κ3) is 5.27. The zero-order chi connectivity index (χ0) is 20.2. The number of halogens is 3. The fourth-order valence-electron chi connectivity index (χ4n) is 3.95. The van der Waals surface area contributed by atoms with Gasteiger partial charge in [-0.05, 0) is 5.92 Å². The standard InChI is InChI=1S/C13H9.C11H8BrS.2ClH.H2S.Zr/c1-3-7-12-10(5-1)9-11-6-2-4-8-13(11)12;12-11-10-8(6-13-11)5-7-3-1-2-4-9(7)10;;;;/h1-9H;1-2,4-5,10-11H,6H2;2*1H;1H2;/q2*-1;;;;+2/p-3. The molecule has 1 aliphatic carbocycles. The van der Waals surface area contributed by atoms with Gasteiger partial charge in [-0.15, -0.1) is 98.5 Å². The van der Waals surface area contributed by atoms with E-state index in [0.717, 1.165) is 0 Å². The molecule has 6 heteroatoms. The SMILES string of the molecule is BrC1SCC2=Cc3[c-]cccc3C21.[Cl][Zr][Cl].[SH-].c1ccc2c(c1)[cH-]c1ccccc12. The van der Waals surface area contributed by atoms with Crippen LogP contribution in [-0.2, 0) is 34.3 Å². The minimum atomic E-state index is -0.826. The van der Waals surface area contributed by atoms with E-state index in [-0.39, 0.29) is 13.5 Å². The molecule has 6 rings (SSSR count). The first-order valence-electron chi connectivity index (χ1n) is 9.19. The molecule has 0 N–H and O–H groups in total. The van der Waals surface area contributed by atoms with Crippen LogP contribution in [0, 0.1) is 6.07 Å². The van der Waals surface area contributed by atoms with Gasteiger partial charge in [-0.2, -0.15) is 0 Å². The van der Waals surface area contributed by atoms with Crippen LogP contribution in [0.5, 0.6) is 0 Å². The van der Waals surface area contributed by atoms with Crippen molar-refractivity contribution >= 4 is 85.8 Å². The molecule has 4 aromatic rings. The average Bonchev–Trinajstić information content (AvgIpc) is 3.41. The first-order chi connectivity index (χ1) is 14.2. The smallest absolute Gasteiger partial charge is 0.0771 e. The summed E-state index contributed by atoms with van der Waals surface area (Å²) < 4.78 is 0.566. The van der Waals surface area contributed by atoms with Crippen molar-refractivity contribution in [3.05, 3.63) is 95.6 Å². The molecule has 154 valence electrons. The summed E-state index contributed by atoms with van der Waals surface area (Å²) in [5.41, 5.74) is 4.31. The van der Waals surface area contributed by atoms with Crippen LogP contribution in [0.1, 0.15) is 17.0 Å². The molecule has 30 heavy (non-hydrogen) atoms. The molecule has 2 aliphatic rings. The number of hydrogen-bond acceptors (Lipinski definition) is 2. The van der Waals surface area contributed by atoms with Gasteiger partial charge >= 0.3 is 37.9 Å². The molecule has 1 heterocycles. The molecule has 0 spiro atoms. The Morgan fingerprint density at radius 1 is 0.967 bits per heavy atom. The van der Waals surface area contributed by atoms with Crippen molar-refractivity contribution in [2.75, 3.05) is 5.75 Å². The van der Waals surface area contributed by atoms with Crippen LogP contribution in [0.4, 0.5) is 0 Å². The molecule has 0 bridgehead atoms. The molecule has 0 aromatic heterocycles. The second kappa shape index (κ2) is 11.7. The molecular formula is C24H18BrCl2S2Zr-3. The zero-order valence-electron chi connectivity index (χ0n) is 15.9. The van der Waals surface area contributed by atoms with E-state index in [1.807, 2.05) is 17.8 Å². The van der Waals surface area contributed by atoms with E-state index in [2.05, 4.69) is 94.8 Å². The summed E-state index contributed by atoms with van der Waals surface area (Å²) in [5.74, 6) is 1.78. The number of thioether (sulfide) groups is 1. The zero-order valence-corrected chi connectivity index (χ0v) is 23.1. The molecule has 0 amide bonds. The molecular weight excluding hydrogens is 594 g/mol. The molecule has 0 saturated carbocycles. The number of thiol groups is 1.